The first-order valence-corrected chi connectivity index (χ1v) is 6.77. The maximum Gasteiger partial charge on any atom is 0.255 e. The van der Waals surface area contributed by atoms with E-state index >= 15 is 0 Å². The zero-order chi connectivity index (χ0) is 15.1. The number of nitrogens with one attached hydrogen (secondary N) is 2. The normalized spacial score (nSPS) is 11.7. The molecular formula is C15H18N4O2. The van der Waals surface area contributed by atoms with E-state index in [2.05, 4.69) is 20.6 Å². The van der Waals surface area contributed by atoms with Crippen molar-refractivity contribution in [2.45, 2.75) is 19.4 Å². The van der Waals surface area contributed by atoms with Crippen LogP contribution >= 0.6 is 0 Å². The quantitative estimate of drug-likeness (QED) is 0.755. The van der Waals surface area contributed by atoms with Gasteiger partial charge in [0.05, 0.1) is 24.5 Å². The SMILES string of the molecule is CCC(CO)Nc1ccc(NC(=O)c2ccncc2)cn1. The number of nitrogens with zero attached hydrogens (tertiary/aromatic N) is 2. The number of pyridine rings is 2. The number of carbonyl (C=O) groups is 1. The van der Waals surface area contributed by atoms with Crippen LogP contribution in [0.5, 0.6) is 0 Å². The van der Waals surface area contributed by atoms with Gasteiger partial charge in [-0.05, 0) is 30.7 Å². The van der Waals surface area contributed by atoms with E-state index in [0.717, 1.165) is 6.42 Å². The van der Waals surface area contributed by atoms with Crippen LogP contribution in [0.15, 0.2) is 42.9 Å². The minimum Gasteiger partial charge on any atom is -0.394 e. The highest BCUT2D eigenvalue weighted by Gasteiger charge is 2.07. The van der Waals surface area contributed by atoms with Gasteiger partial charge in [-0.25, -0.2) is 4.98 Å². The summed E-state index contributed by atoms with van der Waals surface area (Å²) in [7, 11) is 0. The summed E-state index contributed by atoms with van der Waals surface area (Å²) < 4.78 is 0. The largest absolute Gasteiger partial charge is 0.394 e. The third-order valence-corrected chi connectivity index (χ3v) is 3.03. The van der Waals surface area contributed by atoms with Gasteiger partial charge in [0, 0.05) is 18.0 Å². The molecule has 2 heterocycles. The predicted octanol–water partition coefficient (Wildman–Crippen LogP) is 1.91. The molecule has 0 aromatic carbocycles. The Labute approximate surface area is 123 Å². The van der Waals surface area contributed by atoms with E-state index in [0.29, 0.717) is 17.1 Å². The van der Waals surface area contributed by atoms with Gasteiger partial charge in [-0.2, -0.15) is 0 Å². The predicted molar refractivity (Wildman–Crippen MR) is 81.2 cm³/mol. The number of carbonyl (C=O) groups excluding carboxylic acids is 1. The van der Waals surface area contributed by atoms with Crippen LogP contribution in [0.4, 0.5) is 11.5 Å². The van der Waals surface area contributed by atoms with Crippen LogP contribution < -0.4 is 10.6 Å². The number of hydrogen-bond acceptors (Lipinski definition) is 5. The van der Waals surface area contributed by atoms with Crippen molar-refractivity contribution in [3.8, 4) is 0 Å². The maximum atomic E-state index is 12.0. The summed E-state index contributed by atoms with van der Waals surface area (Å²) >= 11 is 0. The van der Waals surface area contributed by atoms with Gasteiger partial charge in [0.15, 0.2) is 0 Å². The van der Waals surface area contributed by atoms with Crippen LogP contribution in [0.2, 0.25) is 0 Å². The maximum absolute atomic E-state index is 12.0. The number of rotatable bonds is 6. The first kappa shape index (κ1) is 14.9. The zero-order valence-electron chi connectivity index (χ0n) is 11.8. The van der Waals surface area contributed by atoms with Crippen molar-refractivity contribution in [3.05, 3.63) is 48.4 Å². The molecule has 0 aliphatic rings. The summed E-state index contributed by atoms with van der Waals surface area (Å²) in [5.41, 5.74) is 1.15. The number of aromatic nitrogens is 2. The Kier molecular flexibility index (Phi) is 5.22. The molecule has 2 aromatic heterocycles. The second-order valence-corrected chi connectivity index (χ2v) is 4.55. The Morgan fingerprint density at radius 1 is 1.29 bits per heavy atom. The number of hydrogen-bond donors (Lipinski definition) is 3. The molecule has 0 fully saturated rings. The molecule has 0 aliphatic heterocycles. The van der Waals surface area contributed by atoms with Gasteiger partial charge in [-0.15, -0.1) is 0 Å². The molecule has 0 saturated heterocycles. The molecule has 2 aromatic rings. The summed E-state index contributed by atoms with van der Waals surface area (Å²) in [6, 6.07) is 6.80. The minimum absolute atomic E-state index is 0.0187. The third-order valence-electron chi connectivity index (χ3n) is 3.03. The lowest BCUT2D eigenvalue weighted by molar-refractivity contribution is 0.102. The second-order valence-electron chi connectivity index (χ2n) is 4.55. The number of aliphatic hydroxyl groups excluding tert-OH is 1. The fraction of sp³-hybridized carbons (Fsp3) is 0.267. The molecule has 6 nitrogen and oxygen atoms in total. The number of aliphatic hydroxyl groups is 1. The smallest absolute Gasteiger partial charge is 0.255 e. The second kappa shape index (κ2) is 7.35. The van der Waals surface area contributed by atoms with Gasteiger partial charge in [0.2, 0.25) is 0 Å². The van der Waals surface area contributed by atoms with Crippen molar-refractivity contribution in [1.82, 2.24) is 9.97 Å². The molecule has 21 heavy (non-hydrogen) atoms. The minimum atomic E-state index is -0.207. The summed E-state index contributed by atoms with van der Waals surface area (Å²) in [4.78, 5) is 20.0. The molecule has 0 radical (unpaired) electrons. The lowest BCUT2D eigenvalue weighted by atomic mass is 10.2. The van der Waals surface area contributed by atoms with Gasteiger partial charge in [-0.1, -0.05) is 6.92 Å². The van der Waals surface area contributed by atoms with E-state index in [4.69, 9.17) is 5.11 Å². The van der Waals surface area contributed by atoms with Crippen LogP contribution in [0, 0.1) is 0 Å². The highest BCUT2D eigenvalue weighted by atomic mass is 16.3. The van der Waals surface area contributed by atoms with Gasteiger partial charge in [0.25, 0.3) is 5.91 Å². The van der Waals surface area contributed by atoms with Crippen molar-refractivity contribution >= 4 is 17.4 Å². The molecule has 3 N–H and O–H groups in total. The fourth-order valence-electron chi connectivity index (χ4n) is 1.75. The molecule has 1 unspecified atom stereocenters. The van der Waals surface area contributed by atoms with Crippen LogP contribution in [0.25, 0.3) is 0 Å². The average Bonchev–Trinajstić information content (AvgIpc) is 2.55. The standard InChI is InChI=1S/C15H18N4O2/c1-2-12(10-20)18-14-4-3-13(9-17-14)19-15(21)11-5-7-16-8-6-11/h3-9,12,20H,2,10H2,1H3,(H,17,18)(H,19,21). The van der Waals surface area contributed by atoms with E-state index in [9.17, 15) is 4.79 Å². The Bertz CT molecular complexity index is 568. The fourth-order valence-corrected chi connectivity index (χ4v) is 1.75. The third kappa shape index (κ3) is 4.25. The van der Waals surface area contributed by atoms with Crippen molar-refractivity contribution < 1.29 is 9.90 Å². The van der Waals surface area contributed by atoms with E-state index in [1.807, 2.05) is 6.92 Å². The van der Waals surface area contributed by atoms with E-state index in [1.165, 1.54) is 0 Å². The Morgan fingerprint density at radius 2 is 2.05 bits per heavy atom. The molecule has 0 bridgehead atoms. The van der Waals surface area contributed by atoms with Crippen LogP contribution in [0.1, 0.15) is 23.7 Å². The van der Waals surface area contributed by atoms with Gasteiger partial charge in [0.1, 0.15) is 5.82 Å². The topological polar surface area (TPSA) is 87.1 Å². The summed E-state index contributed by atoms with van der Waals surface area (Å²) in [6.45, 7) is 2.04. The van der Waals surface area contributed by atoms with Crippen LogP contribution in [-0.4, -0.2) is 33.6 Å². The number of amides is 1. The summed E-state index contributed by atoms with van der Waals surface area (Å²) in [5.74, 6) is 0.458. The molecule has 0 spiro atoms. The molecule has 110 valence electrons. The van der Waals surface area contributed by atoms with Crippen molar-refractivity contribution in [2.24, 2.45) is 0 Å². The highest BCUT2D eigenvalue weighted by molar-refractivity contribution is 6.04. The Morgan fingerprint density at radius 3 is 2.62 bits per heavy atom. The van der Waals surface area contributed by atoms with E-state index in [-0.39, 0.29) is 18.6 Å². The first-order valence-electron chi connectivity index (χ1n) is 6.77. The van der Waals surface area contributed by atoms with Crippen molar-refractivity contribution in [1.29, 1.82) is 0 Å². The Hall–Kier alpha value is -2.47. The van der Waals surface area contributed by atoms with Crippen LogP contribution in [0.3, 0.4) is 0 Å². The lowest BCUT2D eigenvalue weighted by Gasteiger charge is -2.14. The van der Waals surface area contributed by atoms with Crippen molar-refractivity contribution in [2.75, 3.05) is 17.2 Å². The highest BCUT2D eigenvalue weighted by Crippen LogP contribution is 2.12. The van der Waals surface area contributed by atoms with Gasteiger partial charge >= 0.3 is 0 Å². The first-order chi connectivity index (χ1) is 10.2. The van der Waals surface area contributed by atoms with E-state index in [1.54, 1.807) is 42.9 Å². The molecular weight excluding hydrogens is 268 g/mol. The lowest BCUT2D eigenvalue weighted by Crippen LogP contribution is -2.23. The van der Waals surface area contributed by atoms with Crippen LogP contribution in [-0.2, 0) is 0 Å². The van der Waals surface area contributed by atoms with Crippen molar-refractivity contribution in [3.63, 3.8) is 0 Å². The zero-order valence-corrected chi connectivity index (χ0v) is 11.8. The van der Waals surface area contributed by atoms with Gasteiger partial charge in [-0.3, -0.25) is 9.78 Å². The molecule has 0 saturated carbocycles. The average molecular weight is 286 g/mol. The molecule has 2 rings (SSSR count). The Balaban J connectivity index is 1.98. The molecule has 0 aliphatic carbocycles. The molecule has 1 amide bonds. The summed E-state index contributed by atoms with van der Waals surface area (Å²) in [5, 5.41) is 15.0. The molecule has 1 atom stereocenters. The van der Waals surface area contributed by atoms with E-state index < -0.39 is 0 Å². The number of anilines is 2. The summed E-state index contributed by atoms with van der Waals surface area (Å²) in [6.07, 6.45) is 5.52. The monoisotopic (exact) mass is 286 g/mol. The molecule has 6 heteroatoms. The van der Waals surface area contributed by atoms with Gasteiger partial charge < -0.3 is 15.7 Å².